The number of likely N-dealkylation sites (tertiary alicyclic amines) is 1. The van der Waals surface area contributed by atoms with E-state index in [9.17, 15) is 9.59 Å². The third kappa shape index (κ3) is 2.80. The lowest BCUT2D eigenvalue weighted by molar-refractivity contribution is -0.197. The van der Waals surface area contributed by atoms with Crippen LogP contribution in [0, 0.1) is 17.3 Å². The van der Waals surface area contributed by atoms with Crippen molar-refractivity contribution in [3.63, 3.8) is 0 Å². The van der Waals surface area contributed by atoms with E-state index in [1.165, 1.54) is 0 Å². The number of carbonyl (C=O) groups excluding carboxylic acids is 2. The molecule has 120 valence electrons. The summed E-state index contributed by atoms with van der Waals surface area (Å²) in [6.07, 6.45) is 2.32. The molecule has 2 aliphatic rings. The Morgan fingerprint density at radius 3 is 2.10 bits per heavy atom. The molecular weight excluding hydrogens is 270 g/mol. The highest BCUT2D eigenvalue weighted by Crippen LogP contribution is 2.55. The standard InChI is InChI=1S/C16H27NO4/c1-5-20-14(18)11-12(15(19)21-6-2)16(3,4)13(11)17-9-7-8-10-17/h11-13H,5-10H2,1-4H3/t11-,12+,13+/m0/s1. The minimum Gasteiger partial charge on any atom is -0.466 e. The van der Waals surface area contributed by atoms with E-state index >= 15 is 0 Å². The highest BCUT2D eigenvalue weighted by atomic mass is 16.5. The molecule has 2 rings (SSSR count). The maximum absolute atomic E-state index is 12.3. The fourth-order valence-electron chi connectivity index (χ4n) is 4.08. The summed E-state index contributed by atoms with van der Waals surface area (Å²) in [7, 11) is 0. The van der Waals surface area contributed by atoms with Gasteiger partial charge >= 0.3 is 11.9 Å². The molecule has 2 fully saturated rings. The molecule has 0 N–H and O–H groups in total. The van der Waals surface area contributed by atoms with Crippen LogP contribution in [0.2, 0.25) is 0 Å². The zero-order valence-electron chi connectivity index (χ0n) is 13.6. The molecule has 3 atom stereocenters. The Balaban J connectivity index is 2.22. The number of nitrogens with zero attached hydrogens (tertiary/aromatic N) is 1. The predicted molar refractivity (Wildman–Crippen MR) is 78.6 cm³/mol. The quantitative estimate of drug-likeness (QED) is 0.725. The molecule has 0 amide bonds. The lowest BCUT2D eigenvalue weighted by atomic mass is 9.51. The van der Waals surface area contributed by atoms with Crippen molar-refractivity contribution < 1.29 is 19.1 Å². The van der Waals surface area contributed by atoms with Crippen LogP contribution in [0.3, 0.4) is 0 Å². The van der Waals surface area contributed by atoms with Gasteiger partial charge in [-0.2, -0.15) is 0 Å². The second kappa shape index (κ2) is 6.34. The first-order chi connectivity index (χ1) is 9.95. The van der Waals surface area contributed by atoms with Crippen LogP contribution in [-0.4, -0.2) is 49.2 Å². The number of ether oxygens (including phenoxy) is 2. The van der Waals surface area contributed by atoms with Gasteiger partial charge < -0.3 is 9.47 Å². The zero-order chi connectivity index (χ0) is 15.6. The fraction of sp³-hybridized carbons (Fsp3) is 0.875. The molecule has 0 spiro atoms. The number of esters is 2. The molecule has 21 heavy (non-hydrogen) atoms. The first-order valence-corrected chi connectivity index (χ1v) is 8.02. The minimum absolute atomic E-state index is 0.0773. The van der Waals surface area contributed by atoms with Gasteiger partial charge in [-0.05, 0) is 45.2 Å². The molecule has 1 heterocycles. The second-order valence-electron chi connectivity index (χ2n) is 6.52. The molecule has 1 aliphatic carbocycles. The van der Waals surface area contributed by atoms with Gasteiger partial charge in [0.25, 0.3) is 0 Å². The van der Waals surface area contributed by atoms with Crippen LogP contribution in [-0.2, 0) is 19.1 Å². The smallest absolute Gasteiger partial charge is 0.311 e. The summed E-state index contributed by atoms with van der Waals surface area (Å²) in [4.78, 5) is 27.0. The topological polar surface area (TPSA) is 55.8 Å². The summed E-state index contributed by atoms with van der Waals surface area (Å²) in [6.45, 7) is 10.4. The number of hydrogen-bond donors (Lipinski definition) is 0. The minimum atomic E-state index is -0.401. The summed E-state index contributed by atoms with van der Waals surface area (Å²) >= 11 is 0. The Labute approximate surface area is 127 Å². The third-order valence-electron chi connectivity index (χ3n) is 4.90. The van der Waals surface area contributed by atoms with Gasteiger partial charge in [0.05, 0.1) is 25.0 Å². The lowest BCUT2D eigenvalue weighted by Crippen LogP contribution is -2.69. The summed E-state index contributed by atoms with van der Waals surface area (Å²) in [5.74, 6) is -1.32. The SMILES string of the molecule is CCOC(=O)[C@H]1[C@H](C(=O)OCC)C(C)(C)[C@@H]1N1CCCC1. The fourth-order valence-corrected chi connectivity index (χ4v) is 4.08. The van der Waals surface area contributed by atoms with E-state index in [1.807, 2.05) is 0 Å². The first-order valence-electron chi connectivity index (χ1n) is 8.02. The van der Waals surface area contributed by atoms with Crippen molar-refractivity contribution in [2.45, 2.75) is 46.6 Å². The van der Waals surface area contributed by atoms with E-state index < -0.39 is 11.8 Å². The molecule has 0 aromatic rings. The molecule has 5 heteroatoms. The maximum atomic E-state index is 12.3. The van der Waals surface area contributed by atoms with Crippen molar-refractivity contribution in [1.29, 1.82) is 0 Å². The summed E-state index contributed by atoms with van der Waals surface area (Å²) < 4.78 is 10.4. The van der Waals surface area contributed by atoms with E-state index in [-0.39, 0.29) is 23.4 Å². The van der Waals surface area contributed by atoms with Crippen molar-refractivity contribution in [1.82, 2.24) is 4.90 Å². The van der Waals surface area contributed by atoms with Crippen molar-refractivity contribution in [2.75, 3.05) is 26.3 Å². The van der Waals surface area contributed by atoms with Crippen LogP contribution < -0.4 is 0 Å². The summed E-state index contributed by atoms with van der Waals surface area (Å²) in [5.41, 5.74) is -0.256. The third-order valence-corrected chi connectivity index (χ3v) is 4.90. The maximum Gasteiger partial charge on any atom is 0.311 e. The van der Waals surface area contributed by atoms with E-state index in [0.717, 1.165) is 25.9 Å². The van der Waals surface area contributed by atoms with Crippen LogP contribution in [0.25, 0.3) is 0 Å². The van der Waals surface area contributed by atoms with Gasteiger partial charge in [-0.1, -0.05) is 13.8 Å². The predicted octanol–water partition coefficient (Wildman–Crippen LogP) is 1.85. The lowest BCUT2D eigenvalue weighted by Gasteiger charge is -2.58. The van der Waals surface area contributed by atoms with Gasteiger partial charge in [0.2, 0.25) is 0 Å². The molecule has 0 bridgehead atoms. The molecular formula is C16H27NO4. The molecule has 1 aliphatic heterocycles. The van der Waals surface area contributed by atoms with Crippen molar-refractivity contribution in [3.05, 3.63) is 0 Å². The molecule has 0 aromatic heterocycles. The molecule has 1 saturated heterocycles. The Kier molecular flexibility index (Phi) is 4.91. The molecule has 5 nitrogen and oxygen atoms in total. The van der Waals surface area contributed by atoms with E-state index in [4.69, 9.17) is 9.47 Å². The monoisotopic (exact) mass is 297 g/mol. The first kappa shape index (κ1) is 16.3. The van der Waals surface area contributed by atoms with Gasteiger partial charge in [-0.15, -0.1) is 0 Å². The molecule has 1 saturated carbocycles. The van der Waals surface area contributed by atoms with E-state index in [0.29, 0.717) is 13.2 Å². The van der Waals surface area contributed by atoms with Gasteiger partial charge in [0.1, 0.15) is 0 Å². The van der Waals surface area contributed by atoms with Crippen molar-refractivity contribution in [3.8, 4) is 0 Å². The normalized spacial score (nSPS) is 31.5. The number of carbonyl (C=O) groups is 2. The Morgan fingerprint density at radius 1 is 1.05 bits per heavy atom. The van der Waals surface area contributed by atoms with E-state index in [1.54, 1.807) is 13.8 Å². The van der Waals surface area contributed by atoms with Crippen LogP contribution >= 0.6 is 0 Å². The molecule has 0 unspecified atom stereocenters. The second-order valence-corrected chi connectivity index (χ2v) is 6.52. The number of hydrogen-bond acceptors (Lipinski definition) is 5. The van der Waals surface area contributed by atoms with Crippen molar-refractivity contribution >= 4 is 11.9 Å². The average molecular weight is 297 g/mol. The molecule has 0 radical (unpaired) electrons. The van der Waals surface area contributed by atoms with Crippen LogP contribution in [0.5, 0.6) is 0 Å². The van der Waals surface area contributed by atoms with Crippen LogP contribution in [0.15, 0.2) is 0 Å². The Hall–Kier alpha value is -1.10. The summed E-state index contributed by atoms with van der Waals surface area (Å²) in [6, 6.07) is 0.0773. The van der Waals surface area contributed by atoms with Crippen LogP contribution in [0.1, 0.15) is 40.5 Å². The Bertz CT molecular complexity index is 401. The Morgan fingerprint density at radius 2 is 1.57 bits per heavy atom. The average Bonchev–Trinajstić information content (AvgIpc) is 2.90. The number of rotatable bonds is 5. The zero-order valence-corrected chi connectivity index (χ0v) is 13.6. The van der Waals surface area contributed by atoms with Gasteiger partial charge in [-0.25, -0.2) is 0 Å². The highest BCUT2D eigenvalue weighted by molar-refractivity contribution is 5.86. The summed E-state index contributed by atoms with van der Waals surface area (Å²) in [5, 5.41) is 0. The van der Waals surface area contributed by atoms with Crippen molar-refractivity contribution in [2.24, 2.45) is 17.3 Å². The van der Waals surface area contributed by atoms with Gasteiger partial charge in [0.15, 0.2) is 0 Å². The van der Waals surface area contributed by atoms with Gasteiger partial charge in [0, 0.05) is 6.04 Å². The largest absolute Gasteiger partial charge is 0.466 e. The van der Waals surface area contributed by atoms with Gasteiger partial charge in [-0.3, -0.25) is 14.5 Å². The van der Waals surface area contributed by atoms with Crippen LogP contribution in [0.4, 0.5) is 0 Å². The van der Waals surface area contributed by atoms with E-state index in [2.05, 4.69) is 18.7 Å². The molecule has 0 aromatic carbocycles. The highest BCUT2D eigenvalue weighted by Gasteiger charge is 2.65.